The third kappa shape index (κ3) is 3.39. The third-order valence-corrected chi connectivity index (χ3v) is 4.68. The second-order valence-electron chi connectivity index (χ2n) is 6.95. The highest BCUT2D eigenvalue weighted by Crippen LogP contribution is 2.36. The van der Waals surface area contributed by atoms with Crippen LogP contribution in [0.3, 0.4) is 0 Å². The van der Waals surface area contributed by atoms with E-state index >= 15 is 0 Å². The van der Waals surface area contributed by atoms with Gasteiger partial charge in [0, 0.05) is 18.2 Å². The van der Waals surface area contributed by atoms with Crippen LogP contribution in [0.15, 0.2) is 24.3 Å². The van der Waals surface area contributed by atoms with Gasteiger partial charge in [-0.05, 0) is 43.3 Å². The van der Waals surface area contributed by atoms with Gasteiger partial charge in [0.1, 0.15) is 5.82 Å². The summed E-state index contributed by atoms with van der Waals surface area (Å²) in [7, 11) is 0. The molecule has 2 nitrogen and oxygen atoms in total. The molecule has 0 radical (unpaired) electrons. The summed E-state index contributed by atoms with van der Waals surface area (Å²) >= 11 is 0. The topological polar surface area (TPSA) is 29.3 Å². The molecule has 1 unspecified atom stereocenters. The first-order valence-corrected chi connectivity index (χ1v) is 7.62. The van der Waals surface area contributed by atoms with E-state index in [0.29, 0.717) is 12.0 Å². The van der Waals surface area contributed by atoms with Gasteiger partial charge in [-0.25, -0.2) is 4.39 Å². The Morgan fingerprint density at radius 2 is 1.85 bits per heavy atom. The van der Waals surface area contributed by atoms with Crippen LogP contribution >= 0.6 is 0 Å². The van der Waals surface area contributed by atoms with E-state index in [-0.39, 0.29) is 11.9 Å². The zero-order valence-corrected chi connectivity index (χ0v) is 12.9. The number of nitrogens with zero attached hydrogens (tertiary/aromatic N) is 1. The van der Waals surface area contributed by atoms with Gasteiger partial charge in [0.15, 0.2) is 0 Å². The summed E-state index contributed by atoms with van der Waals surface area (Å²) in [6, 6.07) is 7.03. The molecule has 20 heavy (non-hydrogen) atoms. The molecule has 2 rings (SSSR count). The minimum absolute atomic E-state index is 0.0112. The molecule has 1 heterocycles. The fraction of sp³-hybridized carbons (Fsp3) is 0.647. The molecule has 0 bridgehead atoms. The molecule has 1 aromatic carbocycles. The molecular weight excluding hydrogens is 251 g/mol. The molecule has 1 fully saturated rings. The fourth-order valence-corrected chi connectivity index (χ4v) is 3.30. The van der Waals surface area contributed by atoms with Gasteiger partial charge < -0.3 is 5.73 Å². The van der Waals surface area contributed by atoms with E-state index < -0.39 is 0 Å². The minimum Gasteiger partial charge on any atom is -0.329 e. The van der Waals surface area contributed by atoms with Crippen LogP contribution in [0, 0.1) is 17.2 Å². The van der Waals surface area contributed by atoms with Crippen LogP contribution in [0.5, 0.6) is 0 Å². The Morgan fingerprint density at radius 3 is 2.35 bits per heavy atom. The Hall–Kier alpha value is -0.930. The molecule has 2 N–H and O–H groups in total. The first-order chi connectivity index (χ1) is 9.43. The number of piperidine rings is 1. The first kappa shape index (κ1) is 15.5. The highest BCUT2D eigenvalue weighted by atomic mass is 19.1. The molecule has 112 valence electrons. The van der Waals surface area contributed by atoms with Gasteiger partial charge in [0.25, 0.3) is 0 Å². The lowest BCUT2D eigenvalue weighted by Gasteiger charge is -2.41. The molecule has 1 aliphatic heterocycles. The minimum atomic E-state index is -0.138. The van der Waals surface area contributed by atoms with Gasteiger partial charge >= 0.3 is 0 Å². The maximum Gasteiger partial charge on any atom is 0.128 e. The summed E-state index contributed by atoms with van der Waals surface area (Å²) < 4.78 is 14.0. The van der Waals surface area contributed by atoms with Crippen molar-refractivity contribution in [3.05, 3.63) is 35.6 Å². The largest absolute Gasteiger partial charge is 0.329 e. The lowest BCUT2D eigenvalue weighted by Crippen LogP contribution is -2.42. The average molecular weight is 278 g/mol. The lowest BCUT2D eigenvalue weighted by molar-refractivity contribution is 0.0835. The Bertz CT molecular complexity index is 431. The standard InChI is InChI=1S/C17H27FN2/c1-17(2,3)13-8-10-20(11-9-13)16(12-19)14-6-4-5-7-15(14)18/h4-7,13,16H,8-12,19H2,1-3H3. The van der Waals surface area contributed by atoms with E-state index in [4.69, 9.17) is 5.73 Å². The van der Waals surface area contributed by atoms with Crippen molar-refractivity contribution in [2.75, 3.05) is 19.6 Å². The van der Waals surface area contributed by atoms with Crippen LogP contribution in [0.4, 0.5) is 4.39 Å². The van der Waals surface area contributed by atoms with Crippen molar-refractivity contribution in [2.45, 2.75) is 39.7 Å². The Kier molecular flexibility index (Phi) is 4.82. The summed E-state index contributed by atoms with van der Waals surface area (Å²) in [5.74, 6) is 0.610. The molecule has 1 aliphatic rings. The van der Waals surface area contributed by atoms with Crippen LogP contribution in [-0.2, 0) is 0 Å². The number of halogens is 1. The van der Waals surface area contributed by atoms with Gasteiger partial charge in [-0.2, -0.15) is 0 Å². The fourth-order valence-electron chi connectivity index (χ4n) is 3.30. The second kappa shape index (κ2) is 6.23. The van der Waals surface area contributed by atoms with E-state index in [9.17, 15) is 4.39 Å². The van der Waals surface area contributed by atoms with Crippen LogP contribution in [0.25, 0.3) is 0 Å². The molecule has 0 saturated carbocycles. The Balaban J connectivity index is 2.06. The monoisotopic (exact) mass is 278 g/mol. The highest BCUT2D eigenvalue weighted by Gasteiger charge is 2.31. The van der Waals surface area contributed by atoms with Gasteiger partial charge in [0.05, 0.1) is 0 Å². The van der Waals surface area contributed by atoms with Crippen molar-refractivity contribution in [1.82, 2.24) is 4.90 Å². The number of hydrogen-bond acceptors (Lipinski definition) is 2. The number of hydrogen-bond donors (Lipinski definition) is 1. The van der Waals surface area contributed by atoms with E-state index in [0.717, 1.165) is 24.6 Å². The van der Waals surface area contributed by atoms with Gasteiger partial charge in [-0.1, -0.05) is 39.0 Å². The zero-order chi connectivity index (χ0) is 14.8. The van der Waals surface area contributed by atoms with Crippen LogP contribution in [0.1, 0.15) is 45.2 Å². The van der Waals surface area contributed by atoms with Crippen LogP contribution in [0.2, 0.25) is 0 Å². The second-order valence-corrected chi connectivity index (χ2v) is 6.95. The predicted octanol–water partition coefficient (Wildman–Crippen LogP) is 3.58. The van der Waals surface area contributed by atoms with Gasteiger partial charge in [0.2, 0.25) is 0 Å². The van der Waals surface area contributed by atoms with Crippen molar-refractivity contribution in [3.8, 4) is 0 Å². The summed E-state index contributed by atoms with van der Waals surface area (Å²) in [6.45, 7) is 9.43. The highest BCUT2D eigenvalue weighted by molar-refractivity contribution is 5.21. The normalized spacial score (nSPS) is 20.1. The summed E-state index contributed by atoms with van der Waals surface area (Å²) in [4.78, 5) is 2.35. The van der Waals surface area contributed by atoms with E-state index in [2.05, 4.69) is 25.7 Å². The molecule has 0 aliphatic carbocycles. The number of benzene rings is 1. The summed E-state index contributed by atoms with van der Waals surface area (Å²) in [5.41, 5.74) is 7.02. The maximum absolute atomic E-state index is 14.0. The molecule has 0 amide bonds. The molecule has 1 aromatic rings. The van der Waals surface area contributed by atoms with Crippen molar-refractivity contribution < 1.29 is 4.39 Å². The van der Waals surface area contributed by atoms with E-state index in [1.807, 2.05) is 12.1 Å². The Morgan fingerprint density at radius 1 is 1.25 bits per heavy atom. The van der Waals surface area contributed by atoms with Crippen LogP contribution in [-0.4, -0.2) is 24.5 Å². The van der Waals surface area contributed by atoms with Crippen molar-refractivity contribution in [1.29, 1.82) is 0 Å². The molecular formula is C17H27FN2. The van der Waals surface area contributed by atoms with E-state index in [1.54, 1.807) is 6.07 Å². The smallest absolute Gasteiger partial charge is 0.128 e. The first-order valence-electron chi connectivity index (χ1n) is 7.62. The van der Waals surface area contributed by atoms with Crippen molar-refractivity contribution in [2.24, 2.45) is 17.1 Å². The number of nitrogens with two attached hydrogens (primary N) is 1. The quantitative estimate of drug-likeness (QED) is 0.915. The van der Waals surface area contributed by atoms with Crippen molar-refractivity contribution in [3.63, 3.8) is 0 Å². The van der Waals surface area contributed by atoms with Gasteiger partial charge in [-0.15, -0.1) is 0 Å². The van der Waals surface area contributed by atoms with E-state index in [1.165, 1.54) is 18.9 Å². The predicted molar refractivity (Wildman–Crippen MR) is 81.9 cm³/mol. The number of likely N-dealkylation sites (tertiary alicyclic amines) is 1. The average Bonchev–Trinajstić information content (AvgIpc) is 2.41. The molecule has 0 spiro atoms. The summed E-state index contributed by atoms with van der Waals surface area (Å²) in [5, 5.41) is 0. The maximum atomic E-state index is 14.0. The Labute approximate surface area is 122 Å². The lowest BCUT2D eigenvalue weighted by atomic mass is 9.75. The number of rotatable bonds is 3. The van der Waals surface area contributed by atoms with Gasteiger partial charge in [-0.3, -0.25) is 4.90 Å². The SMILES string of the molecule is CC(C)(C)C1CCN(C(CN)c2ccccc2F)CC1. The molecule has 1 saturated heterocycles. The zero-order valence-electron chi connectivity index (χ0n) is 12.9. The third-order valence-electron chi connectivity index (χ3n) is 4.68. The summed E-state index contributed by atoms with van der Waals surface area (Å²) in [6.07, 6.45) is 2.35. The molecule has 0 aromatic heterocycles. The van der Waals surface area contributed by atoms with Crippen molar-refractivity contribution >= 4 is 0 Å². The van der Waals surface area contributed by atoms with Crippen LogP contribution < -0.4 is 5.73 Å². The molecule has 3 heteroatoms. The molecule has 1 atom stereocenters.